The van der Waals surface area contributed by atoms with E-state index in [1.807, 2.05) is 12.3 Å². The lowest BCUT2D eigenvalue weighted by Gasteiger charge is -2.34. The quantitative estimate of drug-likeness (QED) is 0.684. The van der Waals surface area contributed by atoms with Crippen LogP contribution >= 0.6 is 11.3 Å². The number of carbonyl (C=O) groups excluding carboxylic acids is 1. The fourth-order valence-electron chi connectivity index (χ4n) is 3.95. The Labute approximate surface area is 144 Å². The molecule has 4 heteroatoms. The van der Waals surface area contributed by atoms with E-state index in [1.54, 1.807) is 11.3 Å². The molecule has 5 rings (SSSR count). The number of allylic oxidation sites excluding steroid dienone is 1. The van der Waals surface area contributed by atoms with Gasteiger partial charge in [0.15, 0.2) is 5.78 Å². The smallest absolute Gasteiger partial charge is 0.161 e. The van der Waals surface area contributed by atoms with Crippen molar-refractivity contribution in [2.24, 2.45) is 0 Å². The number of hydrogen-bond acceptors (Lipinski definition) is 4. The van der Waals surface area contributed by atoms with E-state index in [0.717, 1.165) is 35.0 Å². The Morgan fingerprint density at radius 3 is 2.96 bits per heavy atom. The van der Waals surface area contributed by atoms with Crippen molar-refractivity contribution in [2.45, 2.75) is 25.3 Å². The summed E-state index contributed by atoms with van der Waals surface area (Å²) in [5.74, 6) is 0.286. The summed E-state index contributed by atoms with van der Waals surface area (Å²) in [6.07, 6.45) is 4.37. The van der Waals surface area contributed by atoms with Crippen molar-refractivity contribution >= 4 is 39.3 Å². The molecule has 0 fully saturated rings. The van der Waals surface area contributed by atoms with Crippen molar-refractivity contribution in [1.82, 2.24) is 4.98 Å². The van der Waals surface area contributed by atoms with Crippen LogP contribution in [-0.4, -0.2) is 10.8 Å². The Hall–Kier alpha value is -2.46. The molecule has 0 saturated heterocycles. The molecule has 0 spiro atoms. The number of fused-ring (bicyclic) bond motifs is 4. The van der Waals surface area contributed by atoms with E-state index < -0.39 is 0 Å². The standard InChI is InChI=1S/C20H16N2OS/c23-16-6-1-4-13-18-12-5-2-10-21-14(12)8-9-15(18)22-20(19(13)16)17-7-3-11-24-17/h2-3,5,7-11,20,22H,1,4,6H2/t20-/m1/s1. The molecule has 1 aliphatic carbocycles. The van der Waals surface area contributed by atoms with Crippen LogP contribution in [0.1, 0.15) is 35.7 Å². The highest BCUT2D eigenvalue weighted by atomic mass is 32.1. The summed E-state index contributed by atoms with van der Waals surface area (Å²) in [6.45, 7) is 0. The highest BCUT2D eigenvalue weighted by molar-refractivity contribution is 7.10. The maximum atomic E-state index is 12.8. The topological polar surface area (TPSA) is 42.0 Å². The molecule has 118 valence electrons. The predicted octanol–water partition coefficient (Wildman–Crippen LogP) is 4.97. The average Bonchev–Trinajstić information content (AvgIpc) is 3.15. The van der Waals surface area contributed by atoms with E-state index >= 15 is 0 Å². The third-order valence-electron chi connectivity index (χ3n) is 4.96. The largest absolute Gasteiger partial charge is 0.373 e. The first-order valence-electron chi connectivity index (χ1n) is 8.27. The average molecular weight is 332 g/mol. The molecule has 1 N–H and O–H groups in total. The molecule has 0 unspecified atom stereocenters. The molecule has 0 radical (unpaired) electrons. The molecular formula is C20H16N2OS. The molecule has 3 heterocycles. The summed E-state index contributed by atoms with van der Waals surface area (Å²) in [7, 11) is 0. The molecular weight excluding hydrogens is 316 g/mol. The summed E-state index contributed by atoms with van der Waals surface area (Å²) in [5, 5.41) is 6.83. The van der Waals surface area contributed by atoms with Gasteiger partial charge in [-0.1, -0.05) is 12.1 Å². The van der Waals surface area contributed by atoms with Crippen molar-refractivity contribution in [2.75, 3.05) is 5.32 Å². The Kier molecular flexibility index (Phi) is 3.06. The highest BCUT2D eigenvalue weighted by Crippen LogP contribution is 2.48. The van der Waals surface area contributed by atoms with Crippen LogP contribution in [0.2, 0.25) is 0 Å². The van der Waals surface area contributed by atoms with Crippen molar-refractivity contribution in [1.29, 1.82) is 0 Å². The van der Waals surface area contributed by atoms with E-state index in [1.165, 1.54) is 16.0 Å². The third-order valence-corrected chi connectivity index (χ3v) is 5.90. The van der Waals surface area contributed by atoms with Gasteiger partial charge >= 0.3 is 0 Å². The van der Waals surface area contributed by atoms with E-state index in [0.29, 0.717) is 6.42 Å². The number of hydrogen-bond donors (Lipinski definition) is 1. The number of pyridine rings is 1. The van der Waals surface area contributed by atoms with Gasteiger partial charge in [0.05, 0.1) is 11.6 Å². The number of Topliss-reactive ketones (excluding diaryl/α,β-unsaturated/α-hetero) is 1. The molecule has 2 aromatic heterocycles. The normalized spacial score (nSPS) is 19.8. The van der Waals surface area contributed by atoms with Gasteiger partial charge in [-0.3, -0.25) is 9.78 Å². The molecule has 1 atom stereocenters. The second-order valence-corrected chi connectivity index (χ2v) is 7.30. The second kappa shape index (κ2) is 5.28. The minimum atomic E-state index is -0.0191. The zero-order chi connectivity index (χ0) is 16.1. The van der Waals surface area contributed by atoms with Crippen molar-refractivity contribution < 1.29 is 4.79 Å². The number of nitrogens with one attached hydrogen (secondary N) is 1. The third kappa shape index (κ3) is 1.96. The zero-order valence-corrected chi connectivity index (χ0v) is 13.9. The Morgan fingerprint density at radius 2 is 2.08 bits per heavy atom. The Morgan fingerprint density at radius 1 is 1.12 bits per heavy atom. The Bertz CT molecular complexity index is 988. The van der Waals surface area contributed by atoms with Crippen LogP contribution in [-0.2, 0) is 4.79 Å². The van der Waals surface area contributed by atoms with Crippen LogP contribution in [0.4, 0.5) is 5.69 Å². The van der Waals surface area contributed by atoms with E-state index in [9.17, 15) is 4.79 Å². The van der Waals surface area contributed by atoms with Gasteiger partial charge in [-0.05, 0) is 48.1 Å². The number of anilines is 1. The van der Waals surface area contributed by atoms with E-state index in [-0.39, 0.29) is 11.8 Å². The van der Waals surface area contributed by atoms with Gasteiger partial charge < -0.3 is 5.32 Å². The van der Waals surface area contributed by atoms with Gasteiger partial charge in [0.1, 0.15) is 0 Å². The van der Waals surface area contributed by atoms with E-state index in [2.05, 4.69) is 46.0 Å². The molecule has 3 aromatic rings. The monoisotopic (exact) mass is 332 g/mol. The lowest BCUT2D eigenvalue weighted by Crippen LogP contribution is -2.26. The Balaban J connectivity index is 1.82. The number of aromatic nitrogens is 1. The van der Waals surface area contributed by atoms with Crippen LogP contribution in [0.25, 0.3) is 16.5 Å². The number of carbonyl (C=O) groups is 1. The van der Waals surface area contributed by atoms with Crippen LogP contribution in [0, 0.1) is 0 Å². The zero-order valence-electron chi connectivity index (χ0n) is 13.1. The fourth-order valence-corrected chi connectivity index (χ4v) is 4.74. The highest BCUT2D eigenvalue weighted by Gasteiger charge is 2.35. The first-order valence-corrected chi connectivity index (χ1v) is 9.15. The van der Waals surface area contributed by atoms with Crippen molar-refractivity contribution in [3.05, 3.63) is 64.0 Å². The fraction of sp³-hybridized carbons (Fsp3) is 0.200. The van der Waals surface area contributed by atoms with Gasteiger partial charge in [0.2, 0.25) is 0 Å². The summed E-state index contributed by atoms with van der Waals surface area (Å²) >= 11 is 1.70. The maximum Gasteiger partial charge on any atom is 0.161 e. The summed E-state index contributed by atoms with van der Waals surface area (Å²) in [6, 6.07) is 12.4. The number of ketones is 1. The maximum absolute atomic E-state index is 12.8. The first-order chi connectivity index (χ1) is 11.8. The van der Waals surface area contributed by atoms with Gasteiger partial charge in [-0.15, -0.1) is 11.3 Å². The van der Waals surface area contributed by atoms with Crippen LogP contribution in [0.5, 0.6) is 0 Å². The molecule has 1 aromatic carbocycles. The molecule has 0 saturated carbocycles. The molecule has 0 amide bonds. The summed E-state index contributed by atoms with van der Waals surface area (Å²) < 4.78 is 0. The van der Waals surface area contributed by atoms with Crippen molar-refractivity contribution in [3.8, 4) is 0 Å². The molecule has 1 aliphatic heterocycles. The number of benzene rings is 1. The molecule has 2 aliphatic rings. The molecule has 3 nitrogen and oxygen atoms in total. The van der Waals surface area contributed by atoms with Gasteiger partial charge in [-0.2, -0.15) is 0 Å². The minimum Gasteiger partial charge on any atom is -0.373 e. The number of thiophene rings is 1. The second-order valence-electron chi connectivity index (χ2n) is 6.32. The van der Waals surface area contributed by atoms with Gasteiger partial charge in [-0.25, -0.2) is 0 Å². The first kappa shape index (κ1) is 13.9. The molecule has 0 bridgehead atoms. The number of rotatable bonds is 1. The van der Waals surface area contributed by atoms with Crippen LogP contribution in [0.15, 0.2) is 53.5 Å². The number of nitrogens with zero attached hydrogens (tertiary/aromatic N) is 1. The summed E-state index contributed by atoms with van der Waals surface area (Å²) in [4.78, 5) is 18.5. The summed E-state index contributed by atoms with van der Waals surface area (Å²) in [5.41, 5.74) is 5.46. The van der Waals surface area contributed by atoms with E-state index in [4.69, 9.17) is 0 Å². The minimum absolute atomic E-state index is 0.0191. The van der Waals surface area contributed by atoms with Crippen molar-refractivity contribution in [3.63, 3.8) is 0 Å². The lowest BCUT2D eigenvalue weighted by molar-refractivity contribution is -0.116. The molecule has 24 heavy (non-hydrogen) atoms. The van der Waals surface area contributed by atoms with Crippen LogP contribution < -0.4 is 5.32 Å². The predicted molar refractivity (Wildman–Crippen MR) is 98.2 cm³/mol. The van der Waals surface area contributed by atoms with Gasteiger partial charge in [0.25, 0.3) is 0 Å². The SMILES string of the molecule is O=C1CCCC2=C1[C@@H](c1cccs1)Nc1ccc3ncccc3c12. The van der Waals surface area contributed by atoms with Gasteiger partial charge in [0, 0.05) is 39.7 Å². The van der Waals surface area contributed by atoms with Crippen LogP contribution in [0.3, 0.4) is 0 Å². The lowest BCUT2D eigenvalue weighted by atomic mass is 9.78.